The van der Waals surface area contributed by atoms with Crippen LogP contribution in [0.5, 0.6) is 0 Å². The van der Waals surface area contributed by atoms with Crippen LogP contribution in [0.3, 0.4) is 0 Å². The molecule has 0 radical (unpaired) electrons. The highest BCUT2D eigenvalue weighted by Crippen LogP contribution is 2.43. The van der Waals surface area contributed by atoms with Crippen molar-refractivity contribution in [3.8, 4) is 0 Å². The Morgan fingerprint density at radius 2 is 0.962 bits per heavy atom. The Bertz CT molecular complexity index is 922. The minimum atomic E-state index is -4.37. The van der Waals surface area contributed by atoms with Crippen molar-refractivity contribution in [1.82, 2.24) is 0 Å². The largest absolute Gasteiger partial charge is 0.472 e. The SMILES string of the molecule is CCCCCCCC/C=C\CCCCCCCCCCCC(=O)OC(COC(=O)CCCCCCCCCCCC)COP(=O)(O)OCC[N+](C)(C)C. The number of likely N-dealkylation sites (N-methyl/N-ethyl adjacent to an activating group) is 1. The van der Waals surface area contributed by atoms with Crippen LogP contribution in [0, 0.1) is 0 Å². The molecule has 0 rings (SSSR count). The Labute approximate surface area is 326 Å². The van der Waals surface area contributed by atoms with Gasteiger partial charge in [0.25, 0.3) is 0 Å². The van der Waals surface area contributed by atoms with E-state index in [1.807, 2.05) is 21.1 Å². The minimum Gasteiger partial charge on any atom is -0.462 e. The Kier molecular flexibility index (Phi) is 35.5. The molecule has 0 fully saturated rings. The number of hydrogen-bond acceptors (Lipinski definition) is 7. The summed E-state index contributed by atoms with van der Waals surface area (Å²) in [6.45, 7) is 4.42. The Hall–Kier alpha value is -1.25. The molecule has 0 aliphatic heterocycles. The van der Waals surface area contributed by atoms with Gasteiger partial charge in [-0.15, -0.1) is 0 Å². The lowest BCUT2D eigenvalue weighted by Gasteiger charge is -2.24. The highest BCUT2D eigenvalue weighted by Gasteiger charge is 2.27. The number of ether oxygens (including phenoxy) is 2. The first-order valence-corrected chi connectivity index (χ1v) is 23.4. The van der Waals surface area contributed by atoms with Crippen molar-refractivity contribution >= 4 is 19.8 Å². The van der Waals surface area contributed by atoms with Crippen molar-refractivity contribution in [3.63, 3.8) is 0 Å². The standard InChI is InChI=1S/C43H84NO8P/c1-6-8-10-12-14-16-18-19-20-21-22-23-24-25-26-28-30-32-34-36-43(46)52-41(40-51-53(47,48)50-38-37-44(3,4)5)39-49-42(45)35-33-31-29-27-17-15-13-11-9-7-2/h19-20,41H,6-18,21-40H2,1-5H3/p+1/b20-19-. The van der Waals surface area contributed by atoms with Gasteiger partial charge < -0.3 is 18.9 Å². The zero-order chi connectivity index (χ0) is 39.3. The number of quaternary nitrogens is 1. The van der Waals surface area contributed by atoms with E-state index in [-0.39, 0.29) is 25.6 Å². The summed E-state index contributed by atoms with van der Waals surface area (Å²) in [5.74, 6) is -0.795. The fraction of sp³-hybridized carbons (Fsp3) is 0.907. The average molecular weight is 775 g/mol. The molecular weight excluding hydrogens is 689 g/mol. The number of rotatable bonds is 40. The maximum Gasteiger partial charge on any atom is 0.472 e. The molecule has 0 aromatic rings. The van der Waals surface area contributed by atoms with Crippen LogP contribution in [-0.4, -0.2) is 74.9 Å². The third kappa shape index (κ3) is 40.2. The van der Waals surface area contributed by atoms with Crippen molar-refractivity contribution in [2.45, 2.75) is 206 Å². The molecule has 0 amide bonds. The van der Waals surface area contributed by atoms with E-state index in [1.54, 1.807) is 0 Å². The number of unbranched alkanes of at least 4 members (excludes halogenated alkanes) is 24. The first kappa shape index (κ1) is 51.8. The summed E-state index contributed by atoms with van der Waals surface area (Å²) < 4.78 is 34.2. The van der Waals surface area contributed by atoms with Crippen LogP contribution >= 0.6 is 7.82 Å². The average Bonchev–Trinajstić information content (AvgIpc) is 3.10. The molecule has 0 heterocycles. The number of carbonyl (C=O) groups is 2. The highest BCUT2D eigenvalue weighted by atomic mass is 31.2. The number of phosphoric acid groups is 1. The highest BCUT2D eigenvalue weighted by molar-refractivity contribution is 7.47. The molecule has 0 aromatic carbocycles. The molecular formula is C43H85NO8P+. The van der Waals surface area contributed by atoms with Crippen molar-refractivity contribution in [2.75, 3.05) is 47.5 Å². The van der Waals surface area contributed by atoms with Gasteiger partial charge in [0.15, 0.2) is 6.10 Å². The van der Waals surface area contributed by atoms with Crippen molar-refractivity contribution in [3.05, 3.63) is 12.2 Å². The van der Waals surface area contributed by atoms with E-state index in [9.17, 15) is 19.0 Å². The van der Waals surface area contributed by atoms with E-state index in [4.69, 9.17) is 18.5 Å². The fourth-order valence-corrected chi connectivity index (χ4v) is 6.81. The molecule has 0 aliphatic rings. The van der Waals surface area contributed by atoms with Crippen LogP contribution in [0.15, 0.2) is 12.2 Å². The van der Waals surface area contributed by atoms with Gasteiger partial charge in [0.05, 0.1) is 27.7 Å². The molecule has 2 unspecified atom stereocenters. The smallest absolute Gasteiger partial charge is 0.462 e. The second-order valence-corrected chi connectivity index (χ2v) is 17.5. The molecule has 0 saturated heterocycles. The second-order valence-electron chi connectivity index (χ2n) is 16.1. The van der Waals surface area contributed by atoms with Gasteiger partial charge in [-0.25, -0.2) is 4.57 Å². The molecule has 314 valence electrons. The van der Waals surface area contributed by atoms with E-state index in [0.717, 1.165) is 32.1 Å². The van der Waals surface area contributed by atoms with Crippen molar-refractivity contribution in [2.24, 2.45) is 0 Å². The summed E-state index contributed by atoms with van der Waals surface area (Å²) in [4.78, 5) is 35.3. The molecule has 0 aliphatic carbocycles. The summed E-state index contributed by atoms with van der Waals surface area (Å²) in [6, 6.07) is 0. The summed E-state index contributed by atoms with van der Waals surface area (Å²) in [5, 5.41) is 0. The number of esters is 2. The third-order valence-corrected chi connectivity index (χ3v) is 10.5. The summed E-state index contributed by atoms with van der Waals surface area (Å²) in [6.07, 6.45) is 36.9. The van der Waals surface area contributed by atoms with Crippen LogP contribution in [-0.2, 0) is 32.7 Å². The van der Waals surface area contributed by atoms with Gasteiger partial charge in [-0.1, -0.05) is 161 Å². The molecule has 0 aromatic heterocycles. The van der Waals surface area contributed by atoms with E-state index < -0.39 is 26.5 Å². The Morgan fingerprint density at radius 3 is 1.40 bits per heavy atom. The van der Waals surface area contributed by atoms with Crippen LogP contribution in [0.25, 0.3) is 0 Å². The first-order chi connectivity index (χ1) is 25.5. The normalized spacial score (nSPS) is 13.7. The number of phosphoric ester groups is 1. The quantitative estimate of drug-likeness (QED) is 0.0215. The fourth-order valence-electron chi connectivity index (χ4n) is 6.07. The summed E-state index contributed by atoms with van der Waals surface area (Å²) in [5.41, 5.74) is 0. The van der Waals surface area contributed by atoms with Gasteiger partial charge in [0.2, 0.25) is 0 Å². The number of carbonyl (C=O) groups excluding carboxylic acids is 2. The van der Waals surface area contributed by atoms with Gasteiger partial charge in [-0.05, 0) is 38.5 Å². The van der Waals surface area contributed by atoms with Crippen LogP contribution in [0.4, 0.5) is 0 Å². The van der Waals surface area contributed by atoms with Crippen molar-refractivity contribution in [1.29, 1.82) is 0 Å². The zero-order valence-electron chi connectivity index (χ0n) is 35.3. The molecule has 10 heteroatoms. The van der Waals surface area contributed by atoms with E-state index in [2.05, 4.69) is 26.0 Å². The van der Waals surface area contributed by atoms with Gasteiger partial charge in [-0.2, -0.15) is 0 Å². The van der Waals surface area contributed by atoms with Crippen molar-refractivity contribution < 1.29 is 42.1 Å². The van der Waals surface area contributed by atoms with Gasteiger partial charge in [0, 0.05) is 12.8 Å². The van der Waals surface area contributed by atoms with Crippen LogP contribution in [0.1, 0.15) is 200 Å². The Balaban J connectivity index is 4.29. The topological polar surface area (TPSA) is 108 Å². The molecule has 2 atom stereocenters. The monoisotopic (exact) mass is 775 g/mol. The van der Waals surface area contributed by atoms with E-state index in [1.165, 1.54) is 135 Å². The number of nitrogens with zero attached hydrogens (tertiary/aromatic N) is 1. The molecule has 0 saturated carbocycles. The molecule has 1 N–H and O–H groups in total. The van der Waals surface area contributed by atoms with Crippen LogP contribution < -0.4 is 0 Å². The predicted molar refractivity (Wildman–Crippen MR) is 220 cm³/mol. The van der Waals surface area contributed by atoms with Crippen LogP contribution in [0.2, 0.25) is 0 Å². The minimum absolute atomic E-state index is 0.0343. The van der Waals surface area contributed by atoms with Gasteiger partial charge >= 0.3 is 19.8 Å². The first-order valence-electron chi connectivity index (χ1n) is 21.9. The summed E-state index contributed by atoms with van der Waals surface area (Å²) >= 11 is 0. The molecule has 9 nitrogen and oxygen atoms in total. The Morgan fingerprint density at radius 1 is 0.566 bits per heavy atom. The summed E-state index contributed by atoms with van der Waals surface area (Å²) in [7, 11) is 1.48. The maximum atomic E-state index is 12.7. The predicted octanol–water partition coefficient (Wildman–Crippen LogP) is 12.2. The molecule has 0 spiro atoms. The lowest BCUT2D eigenvalue weighted by Crippen LogP contribution is -2.37. The number of hydrogen-bond donors (Lipinski definition) is 1. The second kappa shape index (κ2) is 36.4. The number of allylic oxidation sites excluding steroid dienone is 2. The zero-order valence-corrected chi connectivity index (χ0v) is 36.2. The van der Waals surface area contributed by atoms with E-state index >= 15 is 0 Å². The molecule has 53 heavy (non-hydrogen) atoms. The van der Waals surface area contributed by atoms with E-state index in [0.29, 0.717) is 23.9 Å². The maximum absolute atomic E-state index is 12.7. The third-order valence-electron chi connectivity index (χ3n) is 9.55. The lowest BCUT2D eigenvalue weighted by atomic mass is 10.1. The lowest BCUT2D eigenvalue weighted by molar-refractivity contribution is -0.870. The van der Waals surface area contributed by atoms with Gasteiger partial charge in [0.1, 0.15) is 19.8 Å². The molecule has 0 bridgehead atoms. The van der Waals surface area contributed by atoms with Gasteiger partial charge in [-0.3, -0.25) is 18.6 Å².